The number of carbonyl (C=O) groups excluding carboxylic acids is 1. The van der Waals surface area contributed by atoms with Crippen molar-refractivity contribution in [1.82, 2.24) is 4.98 Å². The molecule has 0 atom stereocenters. The van der Waals surface area contributed by atoms with Gasteiger partial charge >= 0.3 is 0 Å². The number of anilines is 1. The standard InChI is InChI=1S/C21H16N2O2/c24-21(16-6-2-1-3-7-16)22-17-12-10-15(11-13-17)14-20-23-18-8-4-5-9-19(18)25-20/h1-13H,14H2,(H,22,24). The zero-order valence-electron chi connectivity index (χ0n) is 13.5. The molecular weight excluding hydrogens is 312 g/mol. The van der Waals surface area contributed by atoms with Gasteiger partial charge in [-0.2, -0.15) is 0 Å². The fourth-order valence-corrected chi connectivity index (χ4v) is 2.67. The van der Waals surface area contributed by atoms with Crippen molar-refractivity contribution < 1.29 is 9.21 Å². The molecule has 3 aromatic carbocycles. The molecule has 0 spiro atoms. The van der Waals surface area contributed by atoms with E-state index in [2.05, 4.69) is 10.3 Å². The summed E-state index contributed by atoms with van der Waals surface area (Å²) < 4.78 is 5.74. The number of para-hydroxylation sites is 2. The third-order valence-corrected chi connectivity index (χ3v) is 3.94. The van der Waals surface area contributed by atoms with Crippen LogP contribution in [0.1, 0.15) is 21.8 Å². The van der Waals surface area contributed by atoms with E-state index in [1.54, 1.807) is 12.1 Å². The number of aromatic nitrogens is 1. The molecule has 0 saturated carbocycles. The highest BCUT2D eigenvalue weighted by Crippen LogP contribution is 2.18. The second-order valence-electron chi connectivity index (χ2n) is 5.77. The zero-order chi connectivity index (χ0) is 17.1. The van der Waals surface area contributed by atoms with Gasteiger partial charge in [0.1, 0.15) is 5.52 Å². The number of hydrogen-bond donors (Lipinski definition) is 1. The van der Waals surface area contributed by atoms with Gasteiger partial charge in [-0.25, -0.2) is 4.98 Å². The second kappa shape index (κ2) is 6.61. The van der Waals surface area contributed by atoms with E-state index in [9.17, 15) is 4.79 Å². The lowest BCUT2D eigenvalue weighted by Gasteiger charge is -2.06. The molecule has 1 amide bonds. The van der Waals surface area contributed by atoms with Gasteiger partial charge in [-0.15, -0.1) is 0 Å². The van der Waals surface area contributed by atoms with Crippen molar-refractivity contribution >= 4 is 22.7 Å². The Kier molecular flexibility index (Phi) is 4.01. The second-order valence-corrected chi connectivity index (χ2v) is 5.77. The van der Waals surface area contributed by atoms with E-state index in [0.717, 1.165) is 22.4 Å². The normalized spacial score (nSPS) is 10.7. The minimum atomic E-state index is -0.118. The maximum Gasteiger partial charge on any atom is 0.255 e. The minimum Gasteiger partial charge on any atom is -0.440 e. The molecule has 4 nitrogen and oxygen atoms in total. The van der Waals surface area contributed by atoms with Crippen molar-refractivity contribution in [2.24, 2.45) is 0 Å². The monoisotopic (exact) mass is 328 g/mol. The van der Waals surface area contributed by atoms with Gasteiger partial charge in [0.2, 0.25) is 0 Å². The lowest BCUT2D eigenvalue weighted by molar-refractivity contribution is 0.102. The Morgan fingerprint density at radius 2 is 1.60 bits per heavy atom. The van der Waals surface area contributed by atoms with Crippen LogP contribution in [-0.2, 0) is 6.42 Å². The number of rotatable bonds is 4. The van der Waals surface area contributed by atoms with Crippen molar-refractivity contribution in [3.05, 3.63) is 95.9 Å². The van der Waals surface area contributed by atoms with E-state index in [0.29, 0.717) is 17.9 Å². The lowest BCUT2D eigenvalue weighted by atomic mass is 10.1. The topological polar surface area (TPSA) is 55.1 Å². The van der Waals surface area contributed by atoms with Crippen LogP contribution in [-0.4, -0.2) is 10.9 Å². The molecule has 0 bridgehead atoms. The number of oxazole rings is 1. The fourth-order valence-electron chi connectivity index (χ4n) is 2.67. The average molecular weight is 328 g/mol. The average Bonchev–Trinajstić information content (AvgIpc) is 3.06. The predicted molar refractivity (Wildman–Crippen MR) is 97.7 cm³/mol. The van der Waals surface area contributed by atoms with Gasteiger partial charge in [-0.05, 0) is 42.0 Å². The summed E-state index contributed by atoms with van der Waals surface area (Å²) in [6.45, 7) is 0. The number of fused-ring (bicyclic) bond motifs is 1. The maximum atomic E-state index is 12.2. The van der Waals surface area contributed by atoms with E-state index in [1.165, 1.54) is 0 Å². The Morgan fingerprint density at radius 1 is 0.880 bits per heavy atom. The summed E-state index contributed by atoms with van der Waals surface area (Å²) in [7, 11) is 0. The molecule has 0 aliphatic heterocycles. The molecule has 4 aromatic rings. The van der Waals surface area contributed by atoms with E-state index >= 15 is 0 Å². The van der Waals surface area contributed by atoms with Crippen LogP contribution in [0.25, 0.3) is 11.1 Å². The summed E-state index contributed by atoms with van der Waals surface area (Å²) in [6.07, 6.45) is 0.613. The Bertz CT molecular complexity index is 972. The first-order chi connectivity index (χ1) is 12.3. The predicted octanol–water partition coefficient (Wildman–Crippen LogP) is 4.67. The van der Waals surface area contributed by atoms with Crippen LogP contribution in [0, 0.1) is 0 Å². The number of hydrogen-bond acceptors (Lipinski definition) is 3. The highest BCUT2D eigenvalue weighted by Gasteiger charge is 2.07. The SMILES string of the molecule is O=C(Nc1ccc(Cc2nc3ccccc3o2)cc1)c1ccccc1. The van der Waals surface area contributed by atoms with Crippen molar-refractivity contribution in [2.45, 2.75) is 6.42 Å². The van der Waals surface area contributed by atoms with Gasteiger partial charge in [0, 0.05) is 17.7 Å². The van der Waals surface area contributed by atoms with Gasteiger partial charge in [0.15, 0.2) is 11.5 Å². The van der Waals surface area contributed by atoms with Crippen LogP contribution in [0.3, 0.4) is 0 Å². The Balaban J connectivity index is 1.45. The summed E-state index contributed by atoms with van der Waals surface area (Å²) in [5.74, 6) is 0.564. The highest BCUT2D eigenvalue weighted by atomic mass is 16.3. The van der Waals surface area contributed by atoms with E-state index < -0.39 is 0 Å². The first-order valence-electron chi connectivity index (χ1n) is 8.08. The first kappa shape index (κ1) is 15.1. The summed E-state index contributed by atoms with van der Waals surface area (Å²) in [6, 6.07) is 24.6. The molecule has 1 N–H and O–H groups in total. The van der Waals surface area contributed by atoms with Crippen LogP contribution in [0.5, 0.6) is 0 Å². The molecule has 25 heavy (non-hydrogen) atoms. The molecule has 1 heterocycles. The molecule has 122 valence electrons. The molecule has 0 aliphatic carbocycles. The number of amides is 1. The van der Waals surface area contributed by atoms with E-state index in [4.69, 9.17) is 4.42 Å². The van der Waals surface area contributed by atoms with Crippen LogP contribution >= 0.6 is 0 Å². The summed E-state index contributed by atoms with van der Waals surface area (Å²) in [5.41, 5.74) is 4.13. The van der Waals surface area contributed by atoms with Crippen LogP contribution in [0.2, 0.25) is 0 Å². The van der Waals surface area contributed by atoms with Crippen LogP contribution < -0.4 is 5.32 Å². The third-order valence-electron chi connectivity index (χ3n) is 3.94. The summed E-state index contributed by atoms with van der Waals surface area (Å²) in [5, 5.41) is 2.89. The molecule has 0 saturated heterocycles. The number of nitrogens with zero attached hydrogens (tertiary/aromatic N) is 1. The van der Waals surface area contributed by atoms with Crippen LogP contribution in [0.15, 0.2) is 83.3 Å². The smallest absolute Gasteiger partial charge is 0.255 e. The third kappa shape index (κ3) is 3.43. The Morgan fingerprint density at radius 3 is 2.36 bits per heavy atom. The zero-order valence-corrected chi connectivity index (χ0v) is 13.5. The molecule has 0 aliphatic rings. The van der Waals surface area contributed by atoms with E-state index in [-0.39, 0.29) is 5.91 Å². The maximum absolute atomic E-state index is 12.2. The van der Waals surface area contributed by atoms with Crippen molar-refractivity contribution in [1.29, 1.82) is 0 Å². The van der Waals surface area contributed by atoms with Gasteiger partial charge in [-0.1, -0.05) is 42.5 Å². The van der Waals surface area contributed by atoms with E-state index in [1.807, 2.05) is 66.7 Å². The van der Waals surface area contributed by atoms with Crippen molar-refractivity contribution in [2.75, 3.05) is 5.32 Å². The van der Waals surface area contributed by atoms with Crippen LogP contribution in [0.4, 0.5) is 5.69 Å². The Labute approximate surface area is 145 Å². The number of nitrogens with one attached hydrogen (secondary N) is 1. The molecular formula is C21H16N2O2. The molecule has 0 radical (unpaired) electrons. The minimum absolute atomic E-state index is 0.118. The van der Waals surface area contributed by atoms with Gasteiger partial charge in [0.25, 0.3) is 5.91 Å². The molecule has 0 fully saturated rings. The summed E-state index contributed by atoms with van der Waals surface area (Å²) in [4.78, 5) is 16.6. The highest BCUT2D eigenvalue weighted by molar-refractivity contribution is 6.04. The van der Waals surface area contributed by atoms with Gasteiger partial charge < -0.3 is 9.73 Å². The van der Waals surface area contributed by atoms with Crippen molar-refractivity contribution in [3.63, 3.8) is 0 Å². The number of benzene rings is 3. The van der Waals surface area contributed by atoms with Gasteiger partial charge in [0.05, 0.1) is 0 Å². The largest absolute Gasteiger partial charge is 0.440 e. The first-order valence-corrected chi connectivity index (χ1v) is 8.08. The number of carbonyl (C=O) groups is 1. The fraction of sp³-hybridized carbons (Fsp3) is 0.0476. The molecule has 1 aromatic heterocycles. The molecule has 4 heteroatoms. The molecule has 0 unspecified atom stereocenters. The lowest BCUT2D eigenvalue weighted by Crippen LogP contribution is -2.11. The Hall–Kier alpha value is -3.40. The summed E-state index contributed by atoms with van der Waals surface area (Å²) >= 11 is 0. The van der Waals surface area contributed by atoms with Crippen molar-refractivity contribution in [3.8, 4) is 0 Å². The molecule has 4 rings (SSSR count). The quantitative estimate of drug-likeness (QED) is 0.592. The van der Waals surface area contributed by atoms with Gasteiger partial charge in [-0.3, -0.25) is 4.79 Å².